The van der Waals surface area contributed by atoms with Gasteiger partial charge in [-0.05, 0) is 18.2 Å². The number of para-hydroxylation sites is 1. The molecule has 0 atom stereocenters. The number of nitrogens with one attached hydrogen (secondary N) is 2. The Hall–Kier alpha value is -2.89. The number of ether oxygens (including phenoxy) is 1. The van der Waals surface area contributed by atoms with E-state index in [2.05, 4.69) is 20.6 Å². The molecule has 2 rings (SSSR count). The first-order valence-electron chi connectivity index (χ1n) is 6.89. The molecule has 0 saturated heterocycles. The van der Waals surface area contributed by atoms with Gasteiger partial charge in [0.15, 0.2) is 0 Å². The van der Waals surface area contributed by atoms with Crippen molar-refractivity contribution in [1.29, 1.82) is 0 Å². The summed E-state index contributed by atoms with van der Waals surface area (Å²) >= 11 is 0. The number of nitrogens with zero attached hydrogens (tertiary/aromatic N) is 2. The van der Waals surface area contributed by atoms with E-state index < -0.39 is 0 Å². The number of hydrogen-bond acceptors (Lipinski definition) is 5. The Bertz CT molecular complexity index is 629. The molecule has 0 aliphatic heterocycles. The van der Waals surface area contributed by atoms with Gasteiger partial charge in [0.25, 0.3) is 0 Å². The summed E-state index contributed by atoms with van der Waals surface area (Å²) in [5, 5.41) is 5.79. The zero-order chi connectivity index (χ0) is 15.6. The van der Waals surface area contributed by atoms with Gasteiger partial charge < -0.3 is 15.4 Å². The molecule has 1 aromatic carbocycles. The minimum absolute atomic E-state index is 0.165. The number of carbonyl (C=O) groups excluding carboxylic acids is 1. The highest BCUT2D eigenvalue weighted by Gasteiger charge is 1.99. The van der Waals surface area contributed by atoms with Crippen LogP contribution in [-0.2, 0) is 4.79 Å². The van der Waals surface area contributed by atoms with Crippen LogP contribution in [0.3, 0.4) is 0 Å². The summed E-state index contributed by atoms with van der Waals surface area (Å²) in [6, 6.07) is 9.26. The molecular formula is C16H18N4O2. The van der Waals surface area contributed by atoms with Crippen LogP contribution in [0.5, 0.6) is 5.75 Å². The molecule has 0 bridgehead atoms. The second-order valence-electron chi connectivity index (χ2n) is 4.37. The van der Waals surface area contributed by atoms with Crippen molar-refractivity contribution in [2.45, 2.75) is 0 Å². The fraction of sp³-hybridized carbons (Fsp3) is 0.188. The maximum atomic E-state index is 11.7. The molecule has 22 heavy (non-hydrogen) atoms. The van der Waals surface area contributed by atoms with Crippen LogP contribution in [0.4, 0.5) is 5.95 Å². The van der Waals surface area contributed by atoms with Crippen LogP contribution in [0, 0.1) is 0 Å². The van der Waals surface area contributed by atoms with Crippen LogP contribution in [0.1, 0.15) is 5.56 Å². The van der Waals surface area contributed by atoms with Gasteiger partial charge in [-0.1, -0.05) is 18.2 Å². The predicted octanol–water partition coefficient (Wildman–Crippen LogP) is 1.73. The lowest BCUT2D eigenvalue weighted by atomic mass is 10.2. The lowest BCUT2D eigenvalue weighted by molar-refractivity contribution is -0.116. The fourth-order valence-corrected chi connectivity index (χ4v) is 1.78. The van der Waals surface area contributed by atoms with Crippen molar-refractivity contribution in [3.63, 3.8) is 0 Å². The van der Waals surface area contributed by atoms with Crippen LogP contribution in [0.2, 0.25) is 0 Å². The van der Waals surface area contributed by atoms with Crippen molar-refractivity contribution in [1.82, 2.24) is 15.3 Å². The van der Waals surface area contributed by atoms with Gasteiger partial charge in [0.2, 0.25) is 11.9 Å². The van der Waals surface area contributed by atoms with E-state index in [1.54, 1.807) is 31.6 Å². The molecule has 0 saturated carbocycles. The lowest BCUT2D eigenvalue weighted by Gasteiger charge is -2.05. The van der Waals surface area contributed by atoms with Gasteiger partial charge in [0.05, 0.1) is 7.11 Å². The van der Waals surface area contributed by atoms with Crippen LogP contribution in [0.25, 0.3) is 6.08 Å². The molecule has 1 heterocycles. The van der Waals surface area contributed by atoms with Crippen LogP contribution in [0.15, 0.2) is 48.8 Å². The molecular weight excluding hydrogens is 280 g/mol. The van der Waals surface area contributed by atoms with Crippen molar-refractivity contribution < 1.29 is 9.53 Å². The topological polar surface area (TPSA) is 76.1 Å². The first-order chi connectivity index (χ1) is 10.8. The van der Waals surface area contributed by atoms with Crippen molar-refractivity contribution in [2.75, 3.05) is 25.5 Å². The van der Waals surface area contributed by atoms with Gasteiger partial charge >= 0.3 is 0 Å². The number of aromatic nitrogens is 2. The summed E-state index contributed by atoms with van der Waals surface area (Å²) < 4.78 is 5.22. The number of amides is 1. The molecule has 0 aliphatic carbocycles. The van der Waals surface area contributed by atoms with Gasteiger partial charge in [-0.3, -0.25) is 4.79 Å². The van der Waals surface area contributed by atoms with E-state index in [-0.39, 0.29) is 5.91 Å². The van der Waals surface area contributed by atoms with Crippen molar-refractivity contribution in [2.24, 2.45) is 0 Å². The predicted molar refractivity (Wildman–Crippen MR) is 85.6 cm³/mol. The molecule has 0 spiro atoms. The smallest absolute Gasteiger partial charge is 0.244 e. The molecule has 0 fully saturated rings. The summed E-state index contributed by atoms with van der Waals surface area (Å²) in [6.45, 7) is 1.03. The molecule has 2 N–H and O–H groups in total. The van der Waals surface area contributed by atoms with Crippen molar-refractivity contribution in [3.05, 3.63) is 54.4 Å². The minimum Gasteiger partial charge on any atom is -0.496 e. The normalized spacial score (nSPS) is 10.4. The maximum absolute atomic E-state index is 11.7. The Morgan fingerprint density at radius 2 is 1.95 bits per heavy atom. The first kappa shape index (κ1) is 15.5. The van der Waals surface area contributed by atoms with E-state index in [1.165, 1.54) is 6.08 Å². The van der Waals surface area contributed by atoms with Gasteiger partial charge in [0.1, 0.15) is 5.75 Å². The molecule has 6 heteroatoms. The molecule has 0 radical (unpaired) electrons. The van der Waals surface area contributed by atoms with Crippen LogP contribution < -0.4 is 15.4 Å². The van der Waals surface area contributed by atoms with Gasteiger partial charge in [-0.2, -0.15) is 0 Å². The third-order valence-corrected chi connectivity index (χ3v) is 2.83. The molecule has 2 aromatic rings. The number of hydrogen-bond donors (Lipinski definition) is 2. The zero-order valence-electron chi connectivity index (χ0n) is 12.3. The molecule has 1 amide bonds. The van der Waals surface area contributed by atoms with Gasteiger partial charge in [-0.25, -0.2) is 9.97 Å². The third-order valence-electron chi connectivity index (χ3n) is 2.83. The van der Waals surface area contributed by atoms with E-state index in [4.69, 9.17) is 4.74 Å². The third kappa shape index (κ3) is 4.90. The Morgan fingerprint density at radius 3 is 2.73 bits per heavy atom. The number of anilines is 1. The second-order valence-corrected chi connectivity index (χ2v) is 4.37. The largest absolute Gasteiger partial charge is 0.496 e. The number of carbonyl (C=O) groups is 1. The van der Waals surface area contributed by atoms with Crippen LogP contribution >= 0.6 is 0 Å². The Labute approximate surface area is 129 Å². The van der Waals surface area contributed by atoms with Crippen molar-refractivity contribution >= 4 is 17.9 Å². The quantitative estimate of drug-likeness (QED) is 0.601. The number of rotatable bonds is 7. The molecule has 114 valence electrons. The van der Waals surface area contributed by atoms with E-state index in [9.17, 15) is 4.79 Å². The number of methoxy groups -OCH3 is 1. The maximum Gasteiger partial charge on any atom is 0.244 e. The van der Waals surface area contributed by atoms with Crippen molar-refractivity contribution in [3.8, 4) is 5.75 Å². The summed E-state index contributed by atoms with van der Waals surface area (Å²) in [5.74, 6) is 1.11. The summed E-state index contributed by atoms with van der Waals surface area (Å²) in [6.07, 6.45) is 6.52. The second kappa shape index (κ2) is 8.41. The lowest BCUT2D eigenvalue weighted by Crippen LogP contribution is -2.27. The standard InChI is InChI=1S/C16H18N4O2/c1-22-14-6-3-2-5-13(14)7-8-15(21)17-11-12-20-16-18-9-4-10-19-16/h2-10H,11-12H2,1H3,(H,17,21)(H,18,19,20). The molecule has 6 nitrogen and oxygen atoms in total. The molecule has 0 aliphatic rings. The van der Waals surface area contributed by atoms with E-state index in [0.717, 1.165) is 11.3 Å². The Morgan fingerprint density at radius 1 is 1.18 bits per heavy atom. The van der Waals surface area contributed by atoms with Crippen LogP contribution in [-0.4, -0.2) is 36.1 Å². The SMILES string of the molecule is COc1ccccc1C=CC(=O)NCCNc1ncccn1. The highest BCUT2D eigenvalue weighted by Crippen LogP contribution is 2.18. The fourth-order valence-electron chi connectivity index (χ4n) is 1.78. The molecule has 1 aromatic heterocycles. The number of benzene rings is 1. The average Bonchev–Trinajstić information content (AvgIpc) is 2.58. The summed E-state index contributed by atoms with van der Waals surface area (Å²) in [7, 11) is 1.60. The monoisotopic (exact) mass is 298 g/mol. The van der Waals surface area contributed by atoms with Gasteiger partial charge in [-0.15, -0.1) is 0 Å². The summed E-state index contributed by atoms with van der Waals surface area (Å²) in [5.41, 5.74) is 0.857. The van der Waals surface area contributed by atoms with Gasteiger partial charge in [0, 0.05) is 37.1 Å². The summed E-state index contributed by atoms with van der Waals surface area (Å²) in [4.78, 5) is 19.8. The van der Waals surface area contributed by atoms with E-state index in [0.29, 0.717) is 19.0 Å². The first-order valence-corrected chi connectivity index (χ1v) is 6.89. The highest BCUT2D eigenvalue weighted by molar-refractivity contribution is 5.92. The van der Waals surface area contributed by atoms with E-state index >= 15 is 0 Å². The Balaban J connectivity index is 1.75. The average molecular weight is 298 g/mol. The minimum atomic E-state index is -0.165. The Kier molecular flexibility index (Phi) is 5.92. The zero-order valence-corrected chi connectivity index (χ0v) is 12.3. The highest BCUT2D eigenvalue weighted by atomic mass is 16.5. The van der Waals surface area contributed by atoms with E-state index in [1.807, 2.05) is 24.3 Å². The molecule has 0 unspecified atom stereocenters.